The fourth-order valence-electron chi connectivity index (χ4n) is 2.35. The van der Waals surface area contributed by atoms with Crippen LogP contribution in [0.5, 0.6) is 11.5 Å². The standard InChI is InChI=1S/C18H18N2O4/c1-3-23-14-7-5-13(6-8-14)19-18(22)12-4-9-15-16(10-12)24-11(2)17(21)20-15/h4-11H,3H2,1-2H3,(H,19,22)(H,20,21). The summed E-state index contributed by atoms with van der Waals surface area (Å²) in [5, 5.41) is 5.55. The van der Waals surface area contributed by atoms with E-state index in [1.165, 1.54) is 0 Å². The van der Waals surface area contributed by atoms with E-state index in [-0.39, 0.29) is 11.8 Å². The van der Waals surface area contributed by atoms with Gasteiger partial charge in [-0.05, 0) is 56.3 Å². The first-order valence-electron chi connectivity index (χ1n) is 7.72. The minimum absolute atomic E-state index is 0.200. The Morgan fingerprint density at radius 1 is 1.25 bits per heavy atom. The van der Waals surface area contributed by atoms with E-state index in [4.69, 9.17) is 9.47 Å². The van der Waals surface area contributed by atoms with Gasteiger partial charge in [-0.15, -0.1) is 0 Å². The number of rotatable bonds is 4. The summed E-state index contributed by atoms with van der Waals surface area (Å²) in [7, 11) is 0. The smallest absolute Gasteiger partial charge is 0.265 e. The third-order valence-corrected chi connectivity index (χ3v) is 3.60. The van der Waals surface area contributed by atoms with Crippen molar-refractivity contribution in [3.8, 4) is 11.5 Å². The zero-order valence-electron chi connectivity index (χ0n) is 13.5. The SMILES string of the molecule is CCOc1ccc(NC(=O)c2ccc3c(c2)OC(C)C(=O)N3)cc1. The monoisotopic (exact) mass is 326 g/mol. The minimum Gasteiger partial charge on any atom is -0.494 e. The second-order valence-corrected chi connectivity index (χ2v) is 5.37. The zero-order valence-corrected chi connectivity index (χ0v) is 13.5. The van der Waals surface area contributed by atoms with E-state index in [0.717, 1.165) is 5.75 Å². The molecule has 2 N–H and O–H groups in total. The molecule has 6 nitrogen and oxygen atoms in total. The van der Waals surface area contributed by atoms with Crippen molar-refractivity contribution in [3.63, 3.8) is 0 Å². The molecule has 124 valence electrons. The van der Waals surface area contributed by atoms with Gasteiger partial charge in [-0.25, -0.2) is 0 Å². The summed E-state index contributed by atoms with van der Waals surface area (Å²) < 4.78 is 10.9. The molecule has 0 radical (unpaired) electrons. The second kappa shape index (κ2) is 6.62. The molecule has 24 heavy (non-hydrogen) atoms. The Morgan fingerprint density at radius 3 is 2.71 bits per heavy atom. The minimum atomic E-state index is -0.582. The van der Waals surface area contributed by atoms with E-state index in [1.807, 2.05) is 6.92 Å². The fraction of sp³-hybridized carbons (Fsp3) is 0.222. The molecule has 0 aromatic heterocycles. The normalized spacial score (nSPS) is 15.8. The second-order valence-electron chi connectivity index (χ2n) is 5.37. The first-order chi connectivity index (χ1) is 11.6. The van der Waals surface area contributed by atoms with Gasteiger partial charge in [0.1, 0.15) is 11.5 Å². The molecule has 0 saturated carbocycles. The first kappa shape index (κ1) is 15.9. The number of fused-ring (bicyclic) bond motifs is 1. The number of carbonyl (C=O) groups excluding carboxylic acids is 2. The van der Waals surface area contributed by atoms with Crippen LogP contribution in [0.25, 0.3) is 0 Å². The lowest BCUT2D eigenvalue weighted by Gasteiger charge is -2.23. The number of hydrogen-bond donors (Lipinski definition) is 2. The van der Waals surface area contributed by atoms with Crippen LogP contribution in [0.15, 0.2) is 42.5 Å². The van der Waals surface area contributed by atoms with E-state index in [2.05, 4.69) is 10.6 Å². The maximum atomic E-state index is 12.4. The van der Waals surface area contributed by atoms with Gasteiger partial charge in [-0.3, -0.25) is 9.59 Å². The Balaban J connectivity index is 1.73. The Labute approximate surface area is 139 Å². The van der Waals surface area contributed by atoms with Gasteiger partial charge >= 0.3 is 0 Å². The van der Waals surface area contributed by atoms with Gasteiger partial charge in [0.2, 0.25) is 0 Å². The third-order valence-electron chi connectivity index (χ3n) is 3.60. The topological polar surface area (TPSA) is 76.7 Å². The van der Waals surface area contributed by atoms with Gasteiger partial charge in [-0.2, -0.15) is 0 Å². The number of benzene rings is 2. The highest BCUT2D eigenvalue weighted by Gasteiger charge is 2.24. The Morgan fingerprint density at radius 2 is 2.00 bits per heavy atom. The molecule has 6 heteroatoms. The molecule has 2 aromatic rings. The predicted molar refractivity (Wildman–Crippen MR) is 90.7 cm³/mol. The van der Waals surface area contributed by atoms with Crippen LogP contribution in [0, 0.1) is 0 Å². The molecule has 1 aliphatic rings. The highest BCUT2D eigenvalue weighted by Crippen LogP contribution is 2.30. The number of hydrogen-bond acceptors (Lipinski definition) is 4. The zero-order chi connectivity index (χ0) is 17.1. The van der Waals surface area contributed by atoms with E-state index in [9.17, 15) is 9.59 Å². The lowest BCUT2D eigenvalue weighted by atomic mass is 10.1. The molecule has 2 aromatic carbocycles. The Bertz CT molecular complexity index is 771. The number of ether oxygens (including phenoxy) is 2. The summed E-state index contributed by atoms with van der Waals surface area (Å²) >= 11 is 0. The van der Waals surface area contributed by atoms with Crippen molar-refractivity contribution in [2.24, 2.45) is 0 Å². The van der Waals surface area contributed by atoms with Crippen molar-refractivity contribution in [1.29, 1.82) is 0 Å². The average Bonchev–Trinajstić information content (AvgIpc) is 2.57. The molecular weight excluding hydrogens is 308 g/mol. The van der Waals surface area contributed by atoms with Crippen molar-refractivity contribution < 1.29 is 19.1 Å². The third kappa shape index (κ3) is 3.32. The van der Waals surface area contributed by atoms with Crippen molar-refractivity contribution in [2.45, 2.75) is 20.0 Å². The van der Waals surface area contributed by atoms with Crippen molar-refractivity contribution in [1.82, 2.24) is 0 Å². The maximum absolute atomic E-state index is 12.4. The van der Waals surface area contributed by atoms with Crippen LogP contribution >= 0.6 is 0 Å². The summed E-state index contributed by atoms with van der Waals surface area (Å²) in [6, 6.07) is 12.1. The Hall–Kier alpha value is -3.02. The highest BCUT2D eigenvalue weighted by molar-refractivity contribution is 6.05. The van der Waals surface area contributed by atoms with Crippen LogP contribution in [0.4, 0.5) is 11.4 Å². The Kier molecular flexibility index (Phi) is 4.37. The molecule has 1 heterocycles. The molecular formula is C18H18N2O4. The summed E-state index contributed by atoms with van der Waals surface area (Å²) in [6.07, 6.45) is -0.582. The summed E-state index contributed by atoms with van der Waals surface area (Å²) in [5.41, 5.74) is 1.69. The van der Waals surface area contributed by atoms with E-state index in [1.54, 1.807) is 49.4 Å². The largest absolute Gasteiger partial charge is 0.494 e. The average molecular weight is 326 g/mol. The van der Waals surface area contributed by atoms with E-state index in [0.29, 0.717) is 29.3 Å². The summed E-state index contributed by atoms with van der Waals surface area (Å²) in [6.45, 7) is 4.16. The first-order valence-corrected chi connectivity index (χ1v) is 7.72. The summed E-state index contributed by atoms with van der Waals surface area (Å²) in [4.78, 5) is 23.9. The fourth-order valence-corrected chi connectivity index (χ4v) is 2.35. The van der Waals surface area contributed by atoms with Gasteiger partial charge < -0.3 is 20.1 Å². The molecule has 0 bridgehead atoms. The van der Waals surface area contributed by atoms with Crippen LogP contribution in [-0.2, 0) is 4.79 Å². The van der Waals surface area contributed by atoms with Crippen LogP contribution in [0.2, 0.25) is 0 Å². The highest BCUT2D eigenvalue weighted by atomic mass is 16.5. The van der Waals surface area contributed by atoms with Crippen molar-refractivity contribution in [2.75, 3.05) is 17.2 Å². The van der Waals surface area contributed by atoms with Crippen molar-refractivity contribution >= 4 is 23.2 Å². The number of anilines is 2. The molecule has 0 saturated heterocycles. The molecule has 2 amide bonds. The summed E-state index contributed by atoms with van der Waals surface area (Å²) in [5.74, 6) is 0.785. The van der Waals surface area contributed by atoms with Crippen LogP contribution in [0.1, 0.15) is 24.2 Å². The van der Waals surface area contributed by atoms with Crippen LogP contribution in [0.3, 0.4) is 0 Å². The van der Waals surface area contributed by atoms with Crippen molar-refractivity contribution in [3.05, 3.63) is 48.0 Å². The molecule has 0 fully saturated rings. The van der Waals surface area contributed by atoms with Crippen LogP contribution in [-0.4, -0.2) is 24.5 Å². The van der Waals surface area contributed by atoms with Crippen LogP contribution < -0.4 is 20.1 Å². The number of amides is 2. The molecule has 0 spiro atoms. The van der Waals surface area contributed by atoms with Gasteiger partial charge in [0.15, 0.2) is 6.10 Å². The van der Waals surface area contributed by atoms with Gasteiger partial charge in [0.25, 0.3) is 11.8 Å². The van der Waals surface area contributed by atoms with E-state index >= 15 is 0 Å². The molecule has 1 atom stereocenters. The molecule has 3 rings (SSSR count). The predicted octanol–water partition coefficient (Wildman–Crippen LogP) is 3.06. The van der Waals surface area contributed by atoms with E-state index < -0.39 is 6.10 Å². The van der Waals surface area contributed by atoms with Gasteiger partial charge in [0, 0.05) is 11.3 Å². The molecule has 1 aliphatic heterocycles. The van der Waals surface area contributed by atoms with Gasteiger partial charge in [-0.1, -0.05) is 0 Å². The van der Waals surface area contributed by atoms with Gasteiger partial charge in [0.05, 0.1) is 12.3 Å². The maximum Gasteiger partial charge on any atom is 0.265 e. The molecule has 1 unspecified atom stereocenters. The number of nitrogens with one attached hydrogen (secondary N) is 2. The lowest BCUT2D eigenvalue weighted by molar-refractivity contribution is -0.122. The molecule has 0 aliphatic carbocycles. The quantitative estimate of drug-likeness (QED) is 0.905. The lowest BCUT2D eigenvalue weighted by Crippen LogP contribution is -2.34. The number of carbonyl (C=O) groups is 2.